The van der Waals surface area contributed by atoms with Crippen LogP contribution in [0.5, 0.6) is 5.75 Å². The fraction of sp³-hybridized carbons (Fsp3) is 0.192. The van der Waals surface area contributed by atoms with Gasteiger partial charge in [0.1, 0.15) is 17.6 Å². The molecule has 1 aromatic heterocycles. The highest BCUT2D eigenvalue weighted by Gasteiger charge is 2.46. The number of aromatic nitrogens is 1. The summed E-state index contributed by atoms with van der Waals surface area (Å²) < 4.78 is 5.75. The first kappa shape index (κ1) is 21.2. The maximum atomic E-state index is 13.2. The van der Waals surface area contributed by atoms with Gasteiger partial charge in [-0.15, -0.1) is 0 Å². The second kappa shape index (κ2) is 8.37. The van der Waals surface area contributed by atoms with E-state index in [1.54, 1.807) is 60.9 Å². The molecular weight excluding hydrogens is 440 g/mol. The molecule has 0 aliphatic carbocycles. The van der Waals surface area contributed by atoms with Crippen molar-refractivity contribution in [2.75, 3.05) is 0 Å². The molecule has 1 N–H and O–H groups in total. The summed E-state index contributed by atoms with van der Waals surface area (Å²) in [5.41, 5.74) is 2.94. The third-order valence-corrected chi connectivity index (χ3v) is 6.21. The van der Waals surface area contributed by atoms with E-state index in [1.165, 1.54) is 4.90 Å². The third kappa shape index (κ3) is 3.87. The fourth-order valence-corrected chi connectivity index (χ4v) is 4.67. The molecule has 6 nitrogen and oxygen atoms in total. The van der Waals surface area contributed by atoms with Crippen LogP contribution in [0.4, 0.5) is 0 Å². The summed E-state index contributed by atoms with van der Waals surface area (Å²) >= 11 is 6.24. The smallest absolute Gasteiger partial charge is 0.295 e. The number of carbonyl (C=O) groups excluding carboxylic acids is 2. The van der Waals surface area contributed by atoms with Gasteiger partial charge in [0.15, 0.2) is 0 Å². The van der Waals surface area contributed by atoms with Gasteiger partial charge in [-0.25, -0.2) is 0 Å². The first-order valence-electron chi connectivity index (χ1n) is 10.6. The Balaban J connectivity index is 1.64. The van der Waals surface area contributed by atoms with Gasteiger partial charge in [0.2, 0.25) is 0 Å². The predicted molar refractivity (Wildman–Crippen MR) is 124 cm³/mol. The largest absolute Gasteiger partial charge is 0.507 e. The van der Waals surface area contributed by atoms with Crippen LogP contribution >= 0.6 is 11.6 Å². The number of aliphatic hydroxyl groups excluding tert-OH is 1. The van der Waals surface area contributed by atoms with Gasteiger partial charge in [-0.05, 0) is 66.1 Å². The quantitative estimate of drug-likeness (QED) is 0.347. The first-order chi connectivity index (χ1) is 15.9. The standard InChI is InChI=1S/C26H21ClN2O4/c1-15-11-19-12-18(5-6-21(19)33-15)24(30)22-23(17-3-2-4-20(27)13-17)29(26(32)25(22)31)14-16-7-9-28-10-8-16/h2-10,12-13,15,23,30H,11,14H2,1H3/b24-22+/t15-,23-/m1/s1. The van der Waals surface area contributed by atoms with Crippen molar-refractivity contribution in [1.82, 2.24) is 9.88 Å². The van der Waals surface area contributed by atoms with Gasteiger partial charge in [0, 0.05) is 35.9 Å². The summed E-state index contributed by atoms with van der Waals surface area (Å²) in [6, 6.07) is 15.1. The van der Waals surface area contributed by atoms with Gasteiger partial charge in [-0.1, -0.05) is 23.7 Å². The number of likely N-dealkylation sites (tertiary alicyclic amines) is 1. The average Bonchev–Trinajstić information content (AvgIpc) is 3.30. The van der Waals surface area contributed by atoms with E-state index in [-0.39, 0.29) is 24.0 Å². The zero-order valence-corrected chi connectivity index (χ0v) is 18.6. The topological polar surface area (TPSA) is 79.7 Å². The number of aliphatic hydroxyl groups is 1. The van der Waals surface area contributed by atoms with Crippen LogP contribution in [-0.2, 0) is 22.6 Å². The molecule has 2 aromatic carbocycles. The Kier molecular flexibility index (Phi) is 5.38. The van der Waals surface area contributed by atoms with Crippen LogP contribution in [0, 0.1) is 0 Å². The number of carbonyl (C=O) groups is 2. The minimum absolute atomic E-state index is 0.0447. The number of benzene rings is 2. The number of fused-ring (bicyclic) bond motifs is 1. The van der Waals surface area contributed by atoms with Crippen molar-refractivity contribution in [3.8, 4) is 5.75 Å². The van der Waals surface area contributed by atoms with Crippen molar-refractivity contribution in [3.63, 3.8) is 0 Å². The molecule has 2 aliphatic rings. The highest BCUT2D eigenvalue weighted by molar-refractivity contribution is 6.46. The predicted octanol–water partition coefficient (Wildman–Crippen LogP) is 4.68. The molecule has 1 fully saturated rings. The molecule has 0 saturated carbocycles. The van der Waals surface area contributed by atoms with Crippen LogP contribution in [0.3, 0.4) is 0 Å². The molecule has 2 atom stereocenters. The number of ether oxygens (including phenoxy) is 1. The zero-order chi connectivity index (χ0) is 23.1. The second-order valence-electron chi connectivity index (χ2n) is 8.29. The van der Waals surface area contributed by atoms with Crippen molar-refractivity contribution in [1.29, 1.82) is 0 Å². The minimum atomic E-state index is -0.778. The van der Waals surface area contributed by atoms with Crippen molar-refractivity contribution in [2.45, 2.75) is 32.0 Å². The number of ketones is 1. The summed E-state index contributed by atoms with van der Waals surface area (Å²) in [7, 11) is 0. The van der Waals surface area contributed by atoms with Gasteiger partial charge in [0.25, 0.3) is 11.7 Å². The number of pyridine rings is 1. The summed E-state index contributed by atoms with van der Waals surface area (Å²) in [6.45, 7) is 2.17. The summed E-state index contributed by atoms with van der Waals surface area (Å²) in [4.78, 5) is 31.8. The van der Waals surface area contributed by atoms with E-state index >= 15 is 0 Å². The third-order valence-electron chi connectivity index (χ3n) is 5.98. The number of hydrogen-bond donors (Lipinski definition) is 1. The van der Waals surface area contributed by atoms with E-state index in [0.717, 1.165) is 16.9 Å². The van der Waals surface area contributed by atoms with E-state index in [9.17, 15) is 14.7 Å². The normalized spacial score (nSPS) is 21.2. The van der Waals surface area contributed by atoms with Gasteiger partial charge in [0.05, 0.1) is 11.6 Å². The molecule has 2 aliphatic heterocycles. The minimum Gasteiger partial charge on any atom is -0.507 e. The Bertz CT molecular complexity index is 1290. The molecule has 3 aromatic rings. The summed E-state index contributed by atoms with van der Waals surface area (Å²) in [5.74, 6) is -0.838. The number of amides is 1. The molecule has 5 rings (SSSR count). The van der Waals surface area contributed by atoms with Crippen LogP contribution in [-0.4, -0.2) is 32.8 Å². The van der Waals surface area contributed by atoms with Crippen molar-refractivity contribution in [3.05, 3.63) is 99.8 Å². The Morgan fingerprint density at radius 3 is 2.70 bits per heavy atom. The van der Waals surface area contributed by atoms with E-state index in [1.807, 2.05) is 13.0 Å². The molecule has 0 radical (unpaired) electrons. The average molecular weight is 461 g/mol. The lowest BCUT2D eigenvalue weighted by Crippen LogP contribution is -2.29. The molecule has 1 saturated heterocycles. The molecule has 0 spiro atoms. The van der Waals surface area contributed by atoms with Crippen LogP contribution < -0.4 is 4.74 Å². The van der Waals surface area contributed by atoms with Crippen LogP contribution in [0.25, 0.3) is 5.76 Å². The van der Waals surface area contributed by atoms with Crippen LogP contribution in [0.1, 0.15) is 35.2 Å². The number of hydrogen-bond acceptors (Lipinski definition) is 5. The van der Waals surface area contributed by atoms with Crippen molar-refractivity contribution >= 4 is 29.1 Å². The Morgan fingerprint density at radius 2 is 1.94 bits per heavy atom. The van der Waals surface area contributed by atoms with Gasteiger partial charge >= 0.3 is 0 Å². The Hall–Kier alpha value is -3.64. The highest BCUT2D eigenvalue weighted by atomic mass is 35.5. The fourth-order valence-electron chi connectivity index (χ4n) is 4.48. The molecular formula is C26H21ClN2O4. The van der Waals surface area contributed by atoms with Crippen molar-refractivity contribution < 1.29 is 19.4 Å². The van der Waals surface area contributed by atoms with Gasteiger partial charge in [-0.3, -0.25) is 14.6 Å². The van der Waals surface area contributed by atoms with E-state index in [0.29, 0.717) is 22.6 Å². The lowest BCUT2D eigenvalue weighted by atomic mass is 9.94. The molecule has 166 valence electrons. The molecule has 7 heteroatoms. The van der Waals surface area contributed by atoms with Crippen LogP contribution in [0.15, 0.2) is 72.6 Å². The van der Waals surface area contributed by atoms with Crippen molar-refractivity contribution in [2.24, 2.45) is 0 Å². The Morgan fingerprint density at radius 1 is 1.15 bits per heavy atom. The van der Waals surface area contributed by atoms with E-state index in [2.05, 4.69) is 4.98 Å². The first-order valence-corrected chi connectivity index (χ1v) is 11.0. The van der Waals surface area contributed by atoms with Crippen LogP contribution in [0.2, 0.25) is 5.02 Å². The monoisotopic (exact) mass is 460 g/mol. The maximum Gasteiger partial charge on any atom is 0.295 e. The zero-order valence-electron chi connectivity index (χ0n) is 17.9. The number of nitrogens with zero attached hydrogens (tertiary/aromatic N) is 2. The molecule has 33 heavy (non-hydrogen) atoms. The summed E-state index contributed by atoms with van der Waals surface area (Å²) in [6.07, 6.45) is 4.03. The summed E-state index contributed by atoms with van der Waals surface area (Å²) in [5, 5.41) is 11.8. The molecule has 3 heterocycles. The Labute approximate surface area is 196 Å². The number of halogens is 1. The second-order valence-corrected chi connectivity index (χ2v) is 8.73. The lowest BCUT2D eigenvalue weighted by Gasteiger charge is -2.25. The number of rotatable bonds is 4. The maximum absolute atomic E-state index is 13.2. The van der Waals surface area contributed by atoms with Gasteiger partial charge < -0.3 is 14.7 Å². The molecule has 0 unspecified atom stereocenters. The van der Waals surface area contributed by atoms with E-state index in [4.69, 9.17) is 16.3 Å². The SMILES string of the molecule is C[C@@H]1Cc2cc(/C(O)=C3\C(=O)C(=O)N(Cc4ccncc4)[C@@H]3c3cccc(Cl)c3)ccc2O1. The lowest BCUT2D eigenvalue weighted by molar-refractivity contribution is -0.140. The number of Topliss-reactive ketones (excluding diaryl/α,β-unsaturated/α-hetero) is 1. The molecule has 0 bridgehead atoms. The van der Waals surface area contributed by atoms with Gasteiger partial charge in [-0.2, -0.15) is 0 Å². The van der Waals surface area contributed by atoms with E-state index < -0.39 is 17.7 Å². The highest BCUT2D eigenvalue weighted by Crippen LogP contribution is 2.41. The molecule has 1 amide bonds.